The molecule has 2 aromatic carbocycles. The van der Waals surface area contributed by atoms with Gasteiger partial charge in [-0.2, -0.15) is 0 Å². The summed E-state index contributed by atoms with van der Waals surface area (Å²) in [7, 11) is -3.68. The van der Waals surface area contributed by atoms with Gasteiger partial charge in [-0.15, -0.1) is 11.3 Å². The van der Waals surface area contributed by atoms with Crippen LogP contribution in [-0.2, 0) is 16.6 Å². The molecular weight excluding hydrogens is 392 g/mol. The largest absolute Gasteiger partial charge is 0.347 e. The van der Waals surface area contributed by atoms with E-state index in [2.05, 4.69) is 10.0 Å². The van der Waals surface area contributed by atoms with Gasteiger partial charge in [-0.3, -0.25) is 9.52 Å². The van der Waals surface area contributed by atoms with E-state index in [0.29, 0.717) is 17.8 Å². The summed E-state index contributed by atoms with van der Waals surface area (Å²) < 4.78 is 27.7. The van der Waals surface area contributed by atoms with Crippen molar-refractivity contribution < 1.29 is 13.2 Å². The molecule has 7 heteroatoms. The molecule has 1 aromatic heterocycles. The van der Waals surface area contributed by atoms with E-state index in [4.69, 9.17) is 0 Å². The molecule has 0 unspecified atom stereocenters. The quantitative estimate of drug-likeness (QED) is 0.628. The molecule has 0 saturated carbocycles. The highest BCUT2D eigenvalue weighted by molar-refractivity contribution is 7.92. The number of hydrogen-bond donors (Lipinski definition) is 2. The van der Waals surface area contributed by atoms with Gasteiger partial charge in [-0.05, 0) is 85.3 Å². The average molecular weight is 415 g/mol. The molecule has 0 fully saturated rings. The van der Waals surface area contributed by atoms with Crippen LogP contribution in [-0.4, -0.2) is 14.3 Å². The predicted molar refractivity (Wildman–Crippen MR) is 113 cm³/mol. The highest BCUT2D eigenvalue weighted by Crippen LogP contribution is 2.20. The number of benzene rings is 2. The summed E-state index contributed by atoms with van der Waals surface area (Å²) in [6, 6.07) is 13.4. The molecule has 0 aliphatic rings. The lowest BCUT2D eigenvalue weighted by Gasteiger charge is -2.10. The van der Waals surface area contributed by atoms with Crippen molar-refractivity contribution >= 4 is 33.0 Å². The lowest BCUT2D eigenvalue weighted by atomic mass is 10.1. The van der Waals surface area contributed by atoms with Gasteiger partial charge in [-0.1, -0.05) is 6.07 Å². The third kappa shape index (κ3) is 4.61. The standard InChI is InChI=1S/C21H22N2O3S2/c1-14-4-9-19(12-16(14)3)28(25,26)23-18-7-5-17(6-8-18)21(24)22-13-20-15(2)10-11-27-20/h4-12,23H,13H2,1-3H3,(H,22,24). The van der Waals surface area contributed by atoms with E-state index in [-0.39, 0.29) is 10.8 Å². The van der Waals surface area contributed by atoms with Gasteiger partial charge >= 0.3 is 0 Å². The number of nitrogens with one attached hydrogen (secondary N) is 2. The van der Waals surface area contributed by atoms with Crippen LogP contribution >= 0.6 is 11.3 Å². The highest BCUT2D eigenvalue weighted by atomic mass is 32.2. The normalized spacial score (nSPS) is 11.2. The zero-order valence-electron chi connectivity index (χ0n) is 15.9. The lowest BCUT2D eigenvalue weighted by molar-refractivity contribution is 0.0951. The summed E-state index contributed by atoms with van der Waals surface area (Å²) in [5.74, 6) is -0.198. The molecule has 0 aliphatic carbocycles. The van der Waals surface area contributed by atoms with E-state index in [0.717, 1.165) is 21.6 Å². The number of hydrogen-bond acceptors (Lipinski definition) is 4. The molecule has 0 bridgehead atoms. The van der Waals surface area contributed by atoms with Crippen LogP contribution < -0.4 is 10.0 Å². The number of anilines is 1. The summed E-state index contributed by atoms with van der Waals surface area (Å²) in [6.07, 6.45) is 0. The van der Waals surface area contributed by atoms with Crippen molar-refractivity contribution in [3.05, 3.63) is 81.0 Å². The van der Waals surface area contributed by atoms with Crippen LogP contribution in [0.4, 0.5) is 5.69 Å². The maximum atomic E-state index is 12.6. The fraction of sp³-hybridized carbons (Fsp3) is 0.190. The highest BCUT2D eigenvalue weighted by Gasteiger charge is 2.15. The topological polar surface area (TPSA) is 75.3 Å². The SMILES string of the molecule is Cc1ccc(S(=O)(=O)Nc2ccc(C(=O)NCc3sccc3C)cc2)cc1C. The van der Waals surface area contributed by atoms with E-state index in [1.165, 1.54) is 0 Å². The van der Waals surface area contributed by atoms with Gasteiger partial charge in [-0.25, -0.2) is 8.42 Å². The number of amides is 1. The number of carbonyl (C=O) groups excluding carboxylic acids is 1. The molecule has 3 aromatic rings. The molecule has 1 heterocycles. The minimum Gasteiger partial charge on any atom is -0.347 e. The van der Waals surface area contributed by atoms with E-state index in [1.807, 2.05) is 32.2 Å². The molecule has 5 nitrogen and oxygen atoms in total. The van der Waals surface area contributed by atoms with Crippen molar-refractivity contribution in [2.45, 2.75) is 32.2 Å². The minimum atomic E-state index is -3.68. The monoisotopic (exact) mass is 414 g/mol. The Labute approximate surface area is 169 Å². The Morgan fingerprint density at radius 3 is 2.25 bits per heavy atom. The van der Waals surface area contributed by atoms with Gasteiger partial charge in [0, 0.05) is 16.1 Å². The minimum absolute atomic E-state index is 0.198. The first-order valence-electron chi connectivity index (χ1n) is 8.77. The summed E-state index contributed by atoms with van der Waals surface area (Å²) >= 11 is 1.60. The van der Waals surface area contributed by atoms with Crippen LogP contribution in [0.3, 0.4) is 0 Å². The zero-order chi connectivity index (χ0) is 20.3. The third-order valence-electron chi connectivity index (χ3n) is 4.57. The Bertz CT molecular complexity index is 1100. The molecular formula is C21H22N2O3S2. The fourth-order valence-corrected chi connectivity index (χ4v) is 4.62. The second-order valence-electron chi connectivity index (χ2n) is 6.64. The molecule has 1 amide bonds. The van der Waals surface area contributed by atoms with Gasteiger partial charge < -0.3 is 5.32 Å². The molecule has 2 N–H and O–H groups in total. The molecule has 146 valence electrons. The maximum Gasteiger partial charge on any atom is 0.261 e. The Morgan fingerprint density at radius 1 is 0.929 bits per heavy atom. The maximum absolute atomic E-state index is 12.6. The van der Waals surface area contributed by atoms with Gasteiger partial charge in [0.1, 0.15) is 0 Å². The number of thiophene rings is 1. The Morgan fingerprint density at radius 2 is 1.64 bits per heavy atom. The van der Waals surface area contributed by atoms with Gasteiger partial charge in [0.25, 0.3) is 15.9 Å². The van der Waals surface area contributed by atoms with Gasteiger partial charge in [0.2, 0.25) is 0 Å². The molecule has 28 heavy (non-hydrogen) atoms. The molecule has 0 saturated heterocycles. The summed E-state index contributed by atoms with van der Waals surface area (Å²) in [5, 5.41) is 4.87. The second kappa shape index (κ2) is 8.16. The summed E-state index contributed by atoms with van der Waals surface area (Å²) in [4.78, 5) is 13.6. The van der Waals surface area contributed by atoms with Crippen LogP contribution in [0.25, 0.3) is 0 Å². The van der Waals surface area contributed by atoms with Crippen LogP contribution in [0, 0.1) is 20.8 Å². The number of carbonyl (C=O) groups is 1. The molecule has 0 atom stereocenters. The van der Waals surface area contributed by atoms with E-state index in [1.54, 1.807) is 53.8 Å². The Balaban J connectivity index is 1.67. The summed E-state index contributed by atoms with van der Waals surface area (Å²) in [6.45, 7) is 6.29. The van der Waals surface area contributed by atoms with Crippen LogP contribution in [0.2, 0.25) is 0 Å². The smallest absolute Gasteiger partial charge is 0.261 e. The first kappa shape index (κ1) is 20.1. The van der Waals surface area contributed by atoms with Crippen molar-refractivity contribution in [3.63, 3.8) is 0 Å². The molecule has 0 radical (unpaired) electrons. The van der Waals surface area contributed by atoms with Crippen molar-refractivity contribution in [1.29, 1.82) is 0 Å². The molecule has 0 spiro atoms. The van der Waals surface area contributed by atoms with Crippen molar-refractivity contribution in [2.24, 2.45) is 0 Å². The van der Waals surface area contributed by atoms with Crippen molar-refractivity contribution in [3.8, 4) is 0 Å². The van der Waals surface area contributed by atoms with E-state index in [9.17, 15) is 13.2 Å². The predicted octanol–water partition coefficient (Wildman–Crippen LogP) is 4.40. The third-order valence-corrected chi connectivity index (χ3v) is 6.97. The number of rotatable bonds is 6. The van der Waals surface area contributed by atoms with E-state index < -0.39 is 10.0 Å². The molecule has 0 aliphatic heterocycles. The van der Waals surface area contributed by atoms with Crippen LogP contribution in [0.15, 0.2) is 58.8 Å². The number of sulfonamides is 1. The summed E-state index contributed by atoms with van der Waals surface area (Å²) in [5.41, 5.74) is 3.98. The first-order valence-corrected chi connectivity index (χ1v) is 11.1. The average Bonchev–Trinajstić information content (AvgIpc) is 3.07. The fourth-order valence-electron chi connectivity index (χ4n) is 2.63. The van der Waals surface area contributed by atoms with Crippen LogP contribution in [0.5, 0.6) is 0 Å². The van der Waals surface area contributed by atoms with Crippen molar-refractivity contribution in [1.82, 2.24) is 5.32 Å². The Kier molecular flexibility index (Phi) is 5.86. The lowest BCUT2D eigenvalue weighted by Crippen LogP contribution is -2.22. The zero-order valence-corrected chi connectivity index (χ0v) is 17.6. The Hall–Kier alpha value is -2.64. The molecule has 3 rings (SSSR count). The first-order chi connectivity index (χ1) is 13.3. The number of aryl methyl sites for hydroxylation is 3. The van der Waals surface area contributed by atoms with Crippen molar-refractivity contribution in [2.75, 3.05) is 4.72 Å². The van der Waals surface area contributed by atoms with Crippen LogP contribution in [0.1, 0.15) is 31.9 Å². The second-order valence-corrected chi connectivity index (χ2v) is 9.32. The van der Waals surface area contributed by atoms with E-state index >= 15 is 0 Å². The van der Waals surface area contributed by atoms with Gasteiger partial charge in [0.15, 0.2) is 0 Å². The van der Waals surface area contributed by atoms with Gasteiger partial charge in [0.05, 0.1) is 11.4 Å².